The van der Waals surface area contributed by atoms with Crippen molar-refractivity contribution in [2.24, 2.45) is 0 Å². The van der Waals surface area contributed by atoms with E-state index in [0.717, 1.165) is 5.56 Å². The molecule has 0 aliphatic heterocycles. The first-order chi connectivity index (χ1) is 13.4. The molecule has 0 bridgehead atoms. The molecular formula is C18H17Cl3N4O2S. The number of hydrogen-bond acceptors (Lipinski definition) is 5. The van der Waals surface area contributed by atoms with Gasteiger partial charge in [-0.2, -0.15) is 5.10 Å². The topological polar surface area (TPSA) is 64.1 Å². The van der Waals surface area contributed by atoms with Crippen LogP contribution in [0.5, 0.6) is 11.5 Å². The number of aromatic amines is 1. The molecule has 148 valence electrons. The van der Waals surface area contributed by atoms with E-state index >= 15 is 0 Å². The van der Waals surface area contributed by atoms with Crippen molar-refractivity contribution in [3.8, 4) is 11.5 Å². The van der Waals surface area contributed by atoms with E-state index in [0.29, 0.717) is 49.3 Å². The lowest BCUT2D eigenvalue weighted by Gasteiger charge is -2.16. The summed E-state index contributed by atoms with van der Waals surface area (Å²) < 4.78 is 13.5. The molecule has 0 unspecified atom stereocenters. The Balaban J connectivity index is 1.78. The summed E-state index contributed by atoms with van der Waals surface area (Å²) in [5.41, 5.74) is 4.67. The van der Waals surface area contributed by atoms with Crippen LogP contribution >= 0.6 is 47.0 Å². The number of rotatable bonds is 7. The first-order valence-corrected chi connectivity index (χ1v) is 9.75. The van der Waals surface area contributed by atoms with Crippen LogP contribution in [0.1, 0.15) is 17.0 Å². The average Bonchev–Trinajstić information content (AvgIpc) is 2.98. The molecule has 0 radical (unpaired) electrons. The third-order valence-corrected chi connectivity index (χ3v) is 5.37. The molecule has 10 heteroatoms. The Morgan fingerprint density at radius 3 is 2.46 bits per heavy atom. The summed E-state index contributed by atoms with van der Waals surface area (Å²) in [4.78, 5) is 0. The smallest absolute Gasteiger partial charge is 0.214 e. The van der Waals surface area contributed by atoms with E-state index in [2.05, 4.69) is 15.6 Å². The quantitative estimate of drug-likeness (QED) is 0.454. The summed E-state index contributed by atoms with van der Waals surface area (Å²) in [7, 11) is 1.56. The molecule has 1 aromatic heterocycles. The van der Waals surface area contributed by atoms with Gasteiger partial charge >= 0.3 is 0 Å². The lowest BCUT2D eigenvalue weighted by Crippen LogP contribution is -2.16. The number of nitrogens with one attached hydrogen (secondary N) is 2. The molecule has 0 fully saturated rings. The van der Waals surface area contributed by atoms with E-state index in [1.54, 1.807) is 42.1 Å². The molecule has 0 saturated heterocycles. The lowest BCUT2D eigenvalue weighted by atomic mass is 10.2. The van der Waals surface area contributed by atoms with Crippen LogP contribution in [0.15, 0.2) is 30.3 Å². The maximum absolute atomic E-state index is 6.44. The van der Waals surface area contributed by atoms with Crippen LogP contribution in [0.4, 0.5) is 0 Å². The van der Waals surface area contributed by atoms with Crippen LogP contribution in [0, 0.1) is 11.7 Å². The number of halogens is 3. The van der Waals surface area contributed by atoms with Crippen LogP contribution in [0.2, 0.25) is 15.1 Å². The molecule has 28 heavy (non-hydrogen) atoms. The van der Waals surface area contributed by atoms with Crippen molar-refractivity contribution < 1.29 is 9.47 Å². The Hall–Kier alpha value is -1.93. The molecule has 0 saturated carbocycles. The predicted molar refractivity (Wildman–Crippen MR) is 114 cm³/mol. The molecule has 0 aliphatic carbocycles. The maximum Gasteiger partial charge on any atom is 0.214 e. The minimum atomic E-state index is 0.187. The second kappa shape index (κ2) is 9.05. The van der Waals surface area contributed by atoms with Gasteiger partial charge < -0.3 is 14.9 Å². The number of nitrogens with zero attached hydrogens (tertiary/aromatic N) is 2. The highest BCUT2D eigenvalue weighted by molar-refractivity contribution is 7.71. The molecular weight excluding hydrogens is 443 g/mol. The number of methoxy groups -OCH3 is 1. The zero-order valence-electron chi connectivity index (χ0n) is 15.1. The SMILES string of the molecule is COc1cc(CNn2c(C)n[nH]c2=S)c(Cl)cc1OCc1c(Cl)cccc1Cl. The molecule has 2 aromatic carbocycles. The molecule has 6 nitrogen and oxygen atoms in total. The maximum atomic E-state index is 6.44. The Morgan fingerprint density at radius 1 is 1.14 bits per heavy atom. The van der Waals surface area contributed by atoms with Crippen LogP contribution in [-0.2, 0) is 13.2 Å². The number of aryl methyl sites for hydroxylation is 1. The standard InChI is InChI=1S/C18H17Cl3N4O2S/c1-10-23-24-18(28)25(10)22-8-11-6-16(26-2)17(7-15(11)21)27-9-12-13(19)4-3-5-14(12)20/h3-7,22H,8-9H2,1-2H3,(H,24,28). The highest BCUT2D eigenvalue weighted by Crippen LogP contribution is 2.35. The first-order valence-electron chi connectivity index (χ1n) is 8.20. The van der Waals surface area contributed by atoms with Crippen LogP contribution < -0.4 is 14.9 Å². The van der Waals surface area contributed by atoms with Crippen molar-refractivity contribution >= 4 is 47.0 Å². The van der Waals surface area contributed by atoms with Gasteiger partial charge in [-0.3, -0.25) is 5.10 Å². The molecule has 3 rings (SSSR count). The largest absolute Gasteiger partial charge is 0.493 e. The van der Waals surface area contributed by atoms with Gasteiger partial charge in [0.05, 0.1) is 13.7 Å². The summed E-state index contributed by atoms with van der Waals surface area (Å²) in [5, 5.41) is 8.35. The van der Waals surface area contributed by atoms with Gasteiger partial charge in [0.25, 0.3) is 0 Å². The Kier molecular flexibility index (Phi) is 6.72. The van der Waals surface area contributed by atoms with Gasteiger partial charge in [0.1, 0.15) is 12.4 Å². The first kappa shape index (κ1) is 20.8. The summed E-state index contributed by atoms with van der Waals surface area (Å²) in [6, 6.07) is 8.80. The van der Waals surface area contributed by atoms with Gasteiger partial charge in [0, 0.05) is 26.7 Å². The minimum absolute atomic E-state index is 0.187. The van der Waals surface area contributed by atoms with Crippen molar-refractivity contribution in [1.82, 2.24) is 14.9 Å². The zero-order valence-corrected chi connectivity index (χ0v) is 18.1. The number of ether oxygens (including phenoxy) is 2. The summed E-state index contributed by atoms with van der Waals surface area (Å²) in [6.07, 6.45) is 0. The summed E-state index contributed by atoms with van der Waals surface area (Å²) >= 11 is 24.0. The molecule has 1 heterocycles. The highest BCUT2D eigenvalue weighted by atomic mass is 35.5. The van der Waals surface area contributed by atoms with Gasteiger partial charge in [0.15, 0.2) is 11.5 Å². The Bertz CT molecular complexity index is 1030. The van der Waals surface area contributed by atoms with Crippen molar-refractivity contribution in [1.29, 1.82) is 0 Å². The highest BCUT2D eigenvalue weighted by Gasteiger charge is 2.13. The van der Waals surface area contributed by atoms with E-state index in [-0.39, 0.29) is 6.61 Å². The molecule has 0 aliphatic rings. The predicted octanol–water partition coefficient (Wildman–Crippen LogP) is 5.54. The van der Waals surface area contributed by atoms with Crippen molar-refractivity contribution in [3.63, 3.8) is 0 Å². The number of aromatic nitrogens is 3. The van der Waals surface area contributed by atoms with Gasteiger partial charge in [-0.05, 0) is 42.9 Å². The van der Waals surface area contributed by atoms with E-state index in [4.69, 9.17) is 56.5 Å². The minimum Gasteiger partial charge on any atom is -0.493 e. The van der Waals surface area contributed by atoms with Gasteiger partial charge in [-0.25, -0.2) is 4.68 Å². The fourth-order valence-electron chi connectivity index (χ4n) is 2.53. The molecule has 0 atom stereocenters. The fraction of sp³-hybridized carbons (Fsp3) is 0.222. The monoisotopic (exact) mass is 458 g/mol. The van der Waals surface area contributed by atoms with Gasteiger partial charge in [-0.1, -0.05) is 40.9 Å². The third-order valence-electron chi connectivity index (χ3n) is 4.03. The van der Waals surface area contributed by atoms with E-state index in [1.807, 2.05) is 6.92 Å². The number of benzene rings is 2. The van der Waals surface area contributed by atoms with E-state index in [9.17, 15) is 0 Å². The second-order valence-corrected chi connectivity index (χ2v) is 7.44. The average molecular weight is 460 g/mol. The lowest BCUT2D eigenvalue weighted by molar-refractivity contribution is 0.284. The Morgan fingerprint density at radius 2 is 1.86 bits per heavy atom. The van der Waals surface area contributed by atoms with Crippen LogP contribution in [-0.4, -0.2) is 22.0 Å². The van der Waals surface area contributed by atoms with Crippen molar-refractivity contribution in [3.05, 3.63) is 67.1 Å². The molecule has 0 spiro atoms. The van der Waals surface area contributed by atoms with E-state index in [1.165, 1.54) is 0 Å². The number of hydrogen-bond donors (Lipinski definition) is 2. The molecule has 0 amide bonds. The Labute approximate surface area is 182 Å². The van der Waals surface area contributed by atoms with Crippen molar-refractivity contribution in [2.45, 2.75) is 20.1 Å². The summed E-state index contributed by atoms with van der Waals surface area (Å²) in [6.45, 7) is 2.44. The van der Waals surface area contributed by atoms with Gasteiger partial charge in [0.2, 0.25) is 4.77 Å². The van der Waals surface area contributed by atoms with Crippen LogP contribution in [0.25, 0.3) is 0 Å². The summed E-state index contributed by atoms with van der Waals surface area (Å²) in [5.74, 6) is 1.74. The fourth-order valence-corrected chi connectivity index (χ4v) is 3.50. The normalized spacial score (nSPS) is 10.8. The molecule has 2 N–H and O–H groups in total. The second-order valence-electron chi connectivity index (χ2n) is 5.83. The zero-order chi connectivity index (χ0) is 20.3. The number of H-pyrrole nitrogens is 1. The van der Waals surface area contributed by atoms with Gasteiger partial charge in [-0.15, -0.1) is 0 Å². The molecule has 3 aromatic rings. The van der Waals surface area contributed by atoms with Crippen molar-refractivity contribution in [2.75, 3.05) is 12.5 Å². The van der Waals surface area contributed by atoms with E-state index < -0.39 is 0 Å². The third kappa shape index (κ3) is 4.55. The van der Waals surface area contributed by atoms with Crippen LogP contribution in [0.3, 0.4) is 0 Å².